The van der Waals surface area contributed by atoms with Crippen LogP contribution in [-0.2, 0) is 26.0 Å². The molecule has 0 bridgehead atoms. The predicted molar refractivity (Wildman–Crippen MR) is 101 cm³/mol. The van der Waals surface area contributed by atoms with Gasteiger partial charge >= 0.3 is 5.97 Å². The second kappa shape index (κ2) is 8.24. The van der Waals surface area contributed by atoms with E-state index in [1.54, 1.807) is 0 Å². The van der Waals surface area contributed by atoms with Crippen molar-refractivity contribution in [2.24, 2.45) is 5.14 Å². The van der Waals surface area contributed by atoms with Gasteiger partial charge in [-0.05, 0) is 42.3 Å². The molecule has 3 N–H and O–H groups in total. The van der Waals surface area contributed by atoms with Gasteiger partial charge < -0.3 is 14.5 Å². The molecule has 142 valence electrons. The van der Waals surface area contributed by atoms with Crippen molar-refractivity contribution in [3.63, 3.8) is 0 Å². The van der Waals surface area contributed by atoms with E-state index < -0.39 is 10.0 Å². The second-order valence-corrected chi connectivity index (χ2v) is 7.51. The summed E-state index contributed by atoms with van der Waals surface area (Å²) in [5.41, 5.74) is 2.12. The molecule has 3 aromatic rings. The number of H-pyrrole nitrogens is 1. The van der Waals surface area contributed by atoms with E-state index in [0.29, 0.717) is 12.2 Å². The van der Waals surface area contributed by atoms with Crippen LogP contribution in [-0.4, -0.2) is 32.6 Å². The highest BCUT2D eigenvalue weighted by Gasteiger charge is 2.09. The number of ether oxygens (including phenoxy) is 2. The van der Waals surface area contributed by atoms with Gasteiger partial charge in [0.2, 0.25) is 10.0 Å². The first-order chi connectivity index (χ1) is 12.9. The second-order valence-electron chi connectivity index (χ2n) is 5.94. The number of hydrogen-bond donors (Lipinski definition) is 2. The lowest BCUT2D eigenvalue weighted by atomic mass is 10.1. The monoisotopic (exact) mass is 388 g/mol. The summed E-state index contributed by atoms with van der Waals surface area (Å²) in [5.74, 6) is 0.172. The first-order valence-electron chi connectivity index (χ1n) is 8.40. The van der Waals surface area contributed by atoms with Crippen LogP contribution in [0.15, 0.2) is 59.6 Å². The highest BCUT2D eigenvalue weighted by molar-refractivity contribution is 7.89. The van der Waals surface area contributed by atoms with Gasteiger partial charge in [-0.25, -0.2) is 13.6 Å². The average Bonchev–Trinajstić information content (AvgIpc) is 3.06. The van der Waals surface area contributed by atoms with E-state index >= 15 is 0 Å². The quantitative estimate of drug-likeness (QED) is 0.454. The number of nitrogens with one attached hydrogen (secondary N) is 1. The lowest BCUT2D eigenvalue weighted by Crippen LogP contribution is -2.13. The van der Waals surface area contributed by atoms with Crippen LogP contribution in [0.3, 0.4) is 0 Å². The number of fused-ring (bicyclic) bond motifs is 1. The highest BCUT2D eigenvalue weighted by atomic mass is 32.2. The van der Waals surface area contributed by atoms with Gasteiger partial charge in [-0.15, -0.1) is 0 Å². The molecule has 0 fully saturated rings. The van der Waals surface area contributed by atoms with Gasteiger partial charge in [-0.2, -0.15) is 0 Å². The van der Waals surface area contributed by atoms with Crippen molar-refractivity contribution in [1.82, 2.24) is 4.98 Å². The van der Waals surface area contributed by atoms with Crippen molar-refractivity contribution >= 4 is 26.9 Å². The van der Waals surface area contributed by atoms with E-state index in [1.807, 2.05) is 30.5 Å². The Kier molecular flexibility index (Phi) is 5.78. The maximum Gasteiger partial charge on any atom is 0.306 e. The fraction of sp³-hybridized carbons (Fsp3) is 0.211. The van der Waals surface area contributed by atoms with Crippen molar-refractivity contribution in [3.05, 3.63) is 60.3 Å². The minimum atomic E-state index is -3.72. The normalized spacial score (nSPS) is 11.4. The third-order valence-corrected chi connectivity index (χ3v) is 4.97. The molecular weight excluding hydrogens is 368 g/mol. The van der Waals surface area contributed by atoms with E-state index in [1.165, 1.54) is 24.3 Å². The molecule has 8 heteroatoms. The number of aromatic amines is 1. The molecule has 0 unspecified atom stereocenters. The lowest BCUT2D eigenvalue weighted by molar-refractivity contribution is -0.144. The fourth-order valence-corrected chi connectivity index (χ4v) is 3.20. The summed E-state index contributed by atoms with van der Waals surface area (Å²) in [6, 6.07) is 13.6. The van der Waals surface area contributed by atoms with Gasteiger partial charge in [-0.3, -0.25) is 4.79 Å². The summed E-state index contributed by atoms with van der Waals surface area (Å²) in [7, 11) is -3.72. The Morgan fingerprint density at radius 3 is 2.52 bits per heavy atom. The molecule has 1 aromatic heterocycles. The molecule has 0 saturated carbocycles. The van der Waals surface area contributed by atoms with E-state index in [9.17, 15) is 13.2 Å². The number of rotatable bonds is 8. The number of sulfonamides is 1. The van der Waals surface area contributed by atoms with Crippen LogP contribution in [0.4, 0.5) is 0 Å². The first kappa shape index (κ1) is 18.9. The maximum atomic E-state index is 11.9. The van der Waals surface area contributed by atoms with E-state index in [2.05, 4.69) is 4.98 Å². The van der Waals surface area contributed by atoms with Gasteiger partial charge in [0, 0.05) is 23.5 Å². The van der Waals surface area contributed by atoms with Gasteiger partial charge in [0.1, 0.15) is 19.0 Å². The molecule has 0 atom stereocenters. The van der Waals surface area contributed by atoms with Crippen molar-refractivity contribution in [2.45, 2.75) is 17.7 Å². The number of benzene rings is 2. The summed E-state index contributed by atoms with van der Waals surface area (Å²) in [6.07, 6.45) is 2.79. The van der Waals surface area contributed by atoms with Crippen LogP contribution in [0, 0.1) is 0 Å². The molecule has 0 radical (unpaired) electrons. The summed E-state index contributed by atoms with van der Waals surface area (Å²) >= 11 is 0. The standard InChI is InChI=1S/C19H20N2O5S/c20-27(23,24)16-8-6-15(7-9-16)25-11-12-26-19(22)10-5-14-13-21-18-4-2-1-3-17(14)18/h1-4,6-9,13,21H,5,10-12H2,(H2,20,23,24). The number of aromatic nitrogens is 1. The molecule has 3 rings (SSSR count). The predicted octanol–water partition coefficient (Wildman–Crippen LogP) is 2.37. The number of carbonyl (C=O) groups is 1. The summed E-state index contributed by atoms with van der Waals surface area (Å²) < 4.78 is 32.9. The van der Waals surface area contributed by atoms with Gasteiger partial charge in [0.05, 0.1) is 4.90 Å². The van der Waals surface area contributed by atoms with Crippen LogP contribution in [0.2, 0.25) is 0 Å². The summed E-state index contributed by atoms with van der Waals surface area (Å²) in [6.45, 7) is 0.289. The Bertz CT molecular complexity index is 1030. The zero-order valence-corrected chi connectivity index (χ0v) is 15.4. The van der Waals surface area contributed by atoms with Crippen molar-refractivity contribution in [1.29, 1.82) is 0 Å². The minimum absolute atomic E-state index is 0.0126. The van der Waals surface area contributed by atoms with Crippen molar-refractivity contribution in [2.75, 3.05) is 13.2 Å². The Morgan fingerprint density at radius 2 is 1.78 bits per heavy atom. The molecule has 0 saturated heterocycles. The van der Waals surface area contributed by atoms with E-state index in [-0.39, 0.29) is 30.5 Å². The third-order valence-electron chi connectivity index (χ3n) is 4.04. The number of carbonyl (C=O) groups excluding carboxylic acids is 1. The molecule has 0 aliphatic rings. The summed E-state index contributed by atoms with van der Waals surface area (Å²) in [4.78, 5) is 15.1. The molecule has 0 amide bonds. The maximum absolute atomic E-state index is 11.9. The molecule has 27 heavy (non-hydrogen) atoms. The van der Waals surface area contributed by atoms with Crippen molar-refractivity contribution < 1.29 is 22.7 Å². The fourth-order valence-electron chi connectivity index (χ4n) is 2.69. The Hall–Kier alpha value is -2.84. The number of aryl methyl sites for hydroxylation is 1. The van der Waals surface area contributed by atoms with Crippen LogP contribution in [0.5, 0.6) is 5.75 Å². The number of primary sulfonamides is 1. The summed E-state index contributed by atoms with van der Waals surface area (Å²) in [5, 5.41) is 6.14. The molecule has 1 heterocycles. The molecule has 2 aromatic carbocycles. The minimum Gasteiger partial charge on any atom is -0.490 e. The number of esters is 1. The molecular formula is C19H20N2O5S. The van der Waals surface area contributed by atoms with Crippen LogP contribution in [0.1, 0.15) is 12.0 Å². The van der Waals surface area contributed by atoms with Gasteiger partial charge in [0.15, 0.2) is 0 Å². The van der Waals surface area contributed by atoms with Crippen LogP contribution >= 0.6 is 0 Å². The average molecular weight is 388 g/mol. The third kappa shape index (κ3) is 5.08. The smallest absolute Gasteiger partial charge is 0.306 e. The van der Waals surface area contributed by atoms with Crippen LogP contribution < -0.4 is 9.88 Å². The zero-order chi connectivity index (χ0) is 19.3. The van der Waals surface area contributed by atoms with E-state index in [0.717, 1.165) is 16.5 Å². The van der Waals surface area contributed by atoms with Crippen molar-refractivity contribution in [3.8, 4) is 5.75 Å². The van der Waals surface area contributed by atoms with Gasteiger partial charge in [0.25, 0.3) is 0 Å². The Labute approximate surface area is 157 Å². The largest absolute Gasteiger partial charge is 0.490 e. The molecule has 0 spiro atoms. The SMILES string of the molecule is NS(=O)(=O)c1ccc(OCCOC(=O)CCc2c[nH]c3ccccc23)cc1. The topological polar surface area (TPSA) is 111 Å². The van der Waals surface area contributed by atoms with E-state index in [4.69, 9.17) is 14.6 Å². The molecule has 0 aliphatic heterocycles. The Balaban J connectivity index is 1.39. The van der Waals surface area contributed by atoms with Gasteiger partial charge in [-0.1, -0.05) is 18.2 Å². The lowest BCUT2D eigenvalue weighted by Gasteiger charge is -2.08. The molecule has 7 nitrogen and oxygen atoms in total. The van der Waals surface area contributed by atoms with Crippen LogP contribution in [0.25, 0.3) is 10.9 Å². The number of nitrogens with two attached hydrogens (primary N) is 1. The molecule has 0 aliphatic carbocycles. The number of hydrogen-bond acceptors (Lipinski definition) is 5. The number of para-hydroxylation sites is 1. The highest BCUT2D eigenvalue weighted by Crippen LogP contribution is 2.19. The Morgan fingerprint density at radius 1 is 1.04 bits per heavy atom. The zero-order valence-electron chi connectivity index (χ0n) is 14.6. The first-order valence-corrected chi connectivity index (χ1v) is 9.94.